The monoisotopic (exact) mass is 256 g/mol. The van der Waals surface area contributed by atoms with Gasteiger partial charge in [-0.25, -0.2) is 0 Å². The maximum Gasteiger partial charge on any atom is 0.0475 e. The van der Waals surface area contributed by atoms with Gasteiger partial charge >= 0.3 is 0 Å². The van der Waals surface area contributed by atoms with E-state index in [2.05, 4.69) is 11.3 Å². The standard InChI is InChI=1S/C12H14Cl2N2/c1-2-3-4-5-12(16-15)10-7-6-9(13)8-11(10)14/h1,6-8,12,16H,3-5,15H2. The third-order valence-corrected chi connectivity index (χ3v) is 2.92. The number of unbranched alkanes of at least 4 members (excludes halogenated alkanes) is 1. The van der Waals surface area contributed by atoms with Crippen molar-refractivity contribution in [1.82, 2.24) is 5.43 Å². The third kappa shape index (κ3) is 3.70. The van der Waals surface area contributed by atoms with Crippen molar-refractivity contribution < 1.29 is 0 Å². The first-order chi connectivity index (χ1) is 7.69. The van der Waals surface area contributed by atoms with Crippen LogP contribution in [0, 0.1) is 12.3 Å². The van der Waals surface area contributed by atoms with Gasteiger partial charge < -0.3 is 0 Å². The van der Waals surface area contributed by atoms with Crippen LogP contribution >= 0.6 is 23.2 Å². The Morgan fingerprint density at radius 2 is 2.19 bits per heavy atom. The van der Waals surface area contributed by atoms with Crippen molar-refractivity contribution in [2.24, 2.45) is 5.84 Å². The molecule has 1 aromatic carbocycles. The fourth-order valence-electron chi connectivity index (χ4n) is 1.52. The normalized spacial score (nSPS) is 12.1. The molecular formula is C12H14Cl2N2. The zero-order valence-corrected chi connectivity index (χ0v) is 10.4. The van der Waals surface area contributed by atoms with E-state index in [-0.39, 0.29) is 6.04 Å². The summed E-state index contributed by atoms with van der Waals surface area (Å²) in [6.07, 6.45) is 7.70. The summed E-state index contributed by atoms with van der Waals surface area (Å²) in [6.45, 7) is 0. The Balaban J connectivity index is 2.75. The molecule has 0 fully saturated rings. The summed E-state index contributed by atoms with van der Waals surface area (Å²) in [6, 6.07) is 5.40. The Morgan fingerprint density at radius 1 is 1.44 bits per heavy atom. The van der Waals surface area contributed by atoms with Gasteiger partial charge in [0.05, 0.1) is 0 Å². The van der Waals surface area contributed by atoms with E-state index in [0.717, 1.165) is 24.8 Å². The van der Waals surface area contributed by atoms with Crippen LogP contribution < -0.4 is 11.3 Å². The van der Waals surface area contributed by atoms with Crippen LogP contribution in [-0.2, 0) is 0 Å². The van der Waals surface area contributed by atoms with E-state index in [1.54, 1.807) is 12.1 Å². The lowest BCUT2D eigenvalue weighted by Gasteiger charge is -2.17. The van der Waals surface area contributed by atoms with E-state index in [9.17, 15) is 0 Å². The quantitative estimate of drug-likeness (QED) is 0.367. The summed E-state index contributed by atoms with van der Waals surface area (Å²) in [7, 11) is 0. The van der Waals surface area contributed by atoms with E-state index in [4.69, 9.17) is 35.5 Å². The van der Waals surface area contributed by atoms with Gasteiger partial charge in [0.25, 0.3) is 0 Å². The Bertz CT molecular complexity index is 385. The topological polar surface area (TPSA) is 38.0 Å². The molecule has 0 aliphatic heterocycles. The lowest BCUT2D eigenvalue weighted by Crippen LogP contribution is -2.28. The lowest BCUT2D eigenvalue weighted by molar-refractivity contribution is 0.502. The van der Waals surface area contributed by atoms with Gasteiger partial charge in [0.1, 0.15) is 0 Å². The number of nitrogens with one attached hydrogen (secondary N) is 1. The van der Waals surface area contributed by atoms with Crippen molar-refractivity contribution in [2.45, 2.75) is 25.3 Å². The van der Waals surface area contributed by atoms with Crippen molar-refractivity contribution in [3.05, 3.63) is 33.8 Å². The Hall–Kier alpha value is -0.720. The lowest BCUT2D eigenvalue weighted by atomic mass is 10.0. The van der Waals surface area contributed by atoms with Crippen LogP contribution in [0.4, 0.5) is 0 Å². The fraction of sp³-hybridized carbons (Fsp3) is 0.333. The third-order valence-electron chi connectivity index (χ3n) is 2.35. The minimum absolute atomic E-state index is 0.0121. The summed E-state index contributed by atoms with van der Waals surface area (Å²) in [5.74, 6) is 8.10. The molecular weight excluding hydrogens is 243 g/mol. The Morgan fingerprint density at radius 3 is 2.75 bits per heavy atom. The second-order valence-electron chi connectivity index (χ2n) is 3.48. The number of rotatable bonds is 5. The molecule has 0 radical (unpaired) electrons. The highest BCUT2D eigenvalue weighted by Crippen LogP contribution is 2.28. The van der Waals surface area contributed by atoms with Gasteiger partial charge in [-0.2, -0.15) is 0 Å². The first kappa shape index (κ1) is 13.3. The number of terminal acetylenes is 1. The summed E-state index contributed by atoms with van der Waals surface area (Å²) in [4.78, 5) is 0. The van der Waals surface area contributed by atoms with Gasteiger partial charge in [-0.15, -0.1) is 12.3 Å². The maximum atomic E-state index is 6.10. The molecule has 3 N–H and O–H groups in total. The smallest absolute Gasteiger partial charge is 0.0475 e. The largest absolute Gasteiger partial charge is 0.271 e. The molecule has 0 bridgehead atoms. The zero-order chi connectivity index (χ0) is 12.0. The first-order valence-corrected chi connectivity index (χ1v) is 5.79. The average molecular weight is 257 g/mol. The molecule has 2 nitrogen and oxygen atoms in total. The molecule has 0 saturated carbocycles. The molecule has 0 aliphatic rings. The van der Waals surface area contributed by atoms with Crippen LogP contribution in [0.25, 0.3) is 0 Å². The molecule has 1 unspecified atom stereocenters. The maximum absolute atomic E-state index is 6.10. The number of hydrogen-bond donors (Lipinski definition) is 2. The summed E-state index contributed by atoms with van der Waals surface area (Å²) in [5.41, 5.74) is 3.69. The number of halogens is 2. The van der Waals surface area contributed by atoms with Crippen molar-refractivity contribution in [2.75, 3.05) is 0 Å². The van der Waals surface area contributed by atoms with Crippen molar-refractivity contribution in [1.29, 1.82) is 0 Å². The SMILES string of the molecule is C#CCCCC(NN)c1ccc(Cl)cc1Cl. The second kappa shape index (κ2) is 6.78. The van der Waals surface area contributed by atoms with Crippen LogP contribution in [0.2, 0.25) is 10.0 Å². The predicted octanol–water partition coefficient (Wildman–Crippen LogP) is 3.30. The zero-order valence-electron chi connectivity index (χ0n) is 8.84. The van der Waals surface area contributed by atoms with Crippen LogP contribution in [0.3, 0.4) is 0 Å². The Labute approximate surface area is 106 Å². The minimum Gasteiger partial charge on any atom is -0.271 e. The number of benzene rings is 1. The second-order valence-corrected chi connectivity index (χ2v) is 4.33. The number of nitrogens with two attached hydrogens (primary N) is 1. The molecule has 0 heterocycles. The van der Waals surface area contributed by atoms with Gasteiger partial charge in [-0.1, -0.05) is 29.3 Å². The van der Waals surface area contributed by atoms with Crippen molar-refractivity contribution >= 4 is 23.2 Å². The molecule has 0 saturated heterocycles. The van der Waals surface area contributed by atoms with E-state index in [1.807, 2.05) is 6.07 Å². The summed E-state index contributed by atoms with van der Waals surface area (Å²) < 4.78 is 0. The van der Waals surface area contributed by atoms with Gasteiger partial charge in [-0.3, -0.25) is 11.3 Å². The van der Waals surface area contributed by atoms with Crippen LogP contribution in [-0.4, -0.2) is 0 Å². The molecule has 0 amide bonds. The Kier molecular flexibility index (Phi) is 5.65. The molecule has 4 heteroatoms. The highest BCUT2D eigenvalue weighted by atomic mass is 35.5. The molecule has 86 valence electrons. The number of hydrazine groups is 1. The minimum atomic E-state index is 0.0121. The molecule has 0 aliphatic carbocycles. The van der Waals surface area contributed by atoms with E-state index in [1.165, 1.54) is 0 Å². The van der Waals surface area contributed by atoms with Gasteiger partial charge in [0, 0.05) is 22.5 Å². The summed E-state index contributed by atoms with van der Waals surface area (Å²) in [5, 5.41) is 1.24. The van der Waals surface area contributed by atoms with E-state index in [0.29, 0.717) is 10.0 Å². The van der Waals surface area contributed by atoms with Gasteiger partial charge in [0.15, 0.2) is 0 Å². The van der Waals surface area contributed by atoms with E-state index < -0.39 is 0 Å². The molecule has 0 spiro atoms. The van der Waals surface area contributed by atoms with Crippen molar-refractivity contribution in [3.8, 4) is 12.3 Å². The van der Waals surface area contributed by atoms with E-state index >= 15 is 0 Å². The predicted molar refractivity (Wildman–Crippen MR) is 69.2 cm³/mol. The van der Waals surface area contributed by atoms with Crippen molar-refractivity contribution in [3.63, 3.8) is 0 Å². The average Bonchev–Trinajstić information content (AvgIpc) is 2.26. The fourth-order valence-corrected chi connectivity index (χ4v) is 2.06. The highest BCUT2D eigenvalue weighted by Gasteiger charge is 2.12. The molecule has 1 atom stereocenters. The van der Waals surface area contributed by atoms with Crippen LogP contribution in [0.5, 0.6) is 0 Å². The van der Waals surface area contributed by atoms with Gasteiger partial charge in [0.2, 0.25) is 0 Å². The highest BCUT2D eigenvalue weighted by molar-refractivity contribution is 6.35. The molecule has 1 rings (SSSR count). The first-order valence-electron chi connectivity index (χ1n) is 5.03. The summed E-state index contributed by atoms with van der Waals surface area (Å²) >= 11 is 11.9. The van der Waals surface area contributed by atoms with Crippen LogP contribution in [0.15, 0.2) is 18.2 Å². The molecule has 1 aromatic rings. The molecule has 16 heavy (non-hydrogen) atoms. The molecule has 0 aromatic heterocycles. The van der Waals surface area contributed by atoms with Crippen LogP contribution in [0.1, 0.15) is 30.9 Å². The number of hydrogen-bond acceptors (Lipinski definition) is 2. The van der Waals surface area contributed by atoms with Gasteiger partial charge in [-0.05, 0) is 30.5 Å².